The van der Waals surface area contributed by atoms with Crippen LogP contribution in [0.4, 0.5) is 0 Å². The van der Waals surface area contributed by atoms with Gasteiger partial charge in [-0.3, -0.25) is 10.1 Å². The first-order chi connectivity index (χ1) is 7.06. The van der Waals surface area contributed by atoms with Gasteiger partial charge < -0.3 is 10.2 Å². The molecule has 5 nitrogen and oxygen atoms in total. The van der Waals surface area contributed by atoms with E-state index in [-0.39, 0.29) is 11.8 Å². The Morgan fingerprint density at radius 1 is 1.20 bits per heavy atom. The van der Waals surface area contributed by atoms with E-state index in [1.54, 1.807) is 0 Å². The lowest BCUT2D eigenvalue weighted by molar-refractivity contribution is -0.656. The van der Waals surface area contributed by atoms with Crippen LogP contribution in [0.5, 0.6) is 0 Å². The maximum absolute atomic E-state index is 10.9. The van der Waals surface area contributed by atoms with Crippen LogP contribution in [0.15, 0.2) is 0 Å². The molecule has 0 aromatic carbocycles. The lowest BCUT2D eigenvalue weighted by Gasteiger charge is -2.43. The second kappa shape index (κ2) is 3.72. The highest BCUT2D eigenvalue weighted by molar-refractivity contribution is 4.94. The molecule has 0 aromatic rings. The van der Waals surface area contributed by atoms with Crippen LogP contribution in [0.2, 0.25) is 0 Å². The number of hydrogen-bond donors (Lipinski definition) is 2. The van der Waals surface area contributed by atoms with Crippen LogP contribution in [-0.2, 0) is 0 Å². The van der Waals surface area contributed by atoms with Gasteiger partial charge in [-0.05, 0) is 31.6 Å². The molecule has 0 heterocycles. The number of fused-ring (bicyclic) bond motifs is 1. The fraction of sp³-hybridized carbons (Fsp3) is 1.00. The van der Waals surface area contributed by atoms with Gasteiger partial charge in [0.1, 0.15) is 0 Å². The zero-order valence-corrected chi connectivity index (χ0v) is 8.63. The summed E-state index contributed by atoms with van der Waals surface area (Å²) in [6.45, 7) is 0. The molecule has 2 fully saturated rings. The summed E-state index contributed by atoms with van der Waals surface area (Å²) in [4.78, 5) is 10.3. The minimum absolute atomic E-state index is 0.220. The van der Waals surface area contributed by atoms with Crippen LogP contribution >= 0.6 is 0 Å². The maximum atomic E-state index is 10.9. The van der Waals surface area contributed by atoms with E-state index in [0.717, 1.165) is 25.7 Å². The smallest absolute Gasteiger partial charge is 0.351 e. The van der Waals surface area contributed by atoms with Crippen LogP contribution in [-0.4, -0.2) is 27.0 Å². The van der Waals surface area contributed by atoms with Crippen LogP contribution in [0, 0.1) is 22.0 Å². The number of hydrogen-bond acceptors (Lipinski definition) is 4. The molecule has 0 amide bonds. The Bertz CT molecular complexity index is 270. The predicted octanol–water partition coefficient (Wildman–Crippen LogP) is 0.913. The highest BCUT2D eigenvalue weighted by Gasteiger charge is 2.60. The van der Waals surface area contributed by atoms with Crippen LogP contribution in [0.1, 0.15) is 38.5 Å². The molecular formula is C10H17NO4. The molecule has 2 rings (SSSR count). The minimum atomic E-state index is -2.09. The fourth-order valence-corrected chi connectivity index (χ4v) is 3.20. The summed E-state index contributed by atoms with van der Waals surface area (Å²) >= 11 is 0. The first-order valence-corrected chi connectivity index (χ1v) is 5.61. The number of aliphatic hydroxyl groups excluding tert-OH is 1. The molecule has 4 atom stereocenters. The standard InChI is InChI=1S/C10H17NO4/c12-9-6-5-7-3-1-2-4-8(7)10(9,13)11(14)15/h7-9,12-13H,1-6H2. The van der Waals surface area contributed by atoms with Gasteiger partial charge in [-0.25, -0.2) is 0 Å². The molecule has 2 saturated carbocycles. The van der Waals surface area contributed by atoms with Crippen LogP contribution in [0.3, 0.4) is 0 Å². The third kappa shape index (κ3) is 1.54. The lowest BCUT2D eigenvalue weighted by Crippen LogP contribution is -2.60. The average Bonchev–Trinajstić information content (AvgIpc) is 2.23. The van der Waals surface area contributed by atoms with Gasteiger partial charge in [0.05, 0.1) is 10.8 Å². The molecule has 5 heteroatoms. The van der Waals surface area contributed by atoms with Crippen molar-refractivity contribution in [2.75, 3.05) is 0 Å². The Labute approximate surface area is 88.3 Å². The molecular weight excluding hydrogens is 198 g/mol. The van der Waals surface area contributed by atoms with Gasteiger partial charge in [0.2, 0.25) is 0 Å². The van der Waals surface area contributed by atoms with Crippen molar-refractivity contribution in [3.63, 3.8) is 0 Å². The van der Waals surface area contributed by atoms with Gasteiger partial charge in [0, 0.05) is 0 Å². The second-order valence-electron chi connectivity index (χ2n) is 4.78. The van der Waals surface area contributed by atoms with E-state index in [1.165, 1.54) is 0 Å². The van der Waals surface area contributed by atoms with E-state index in [4.69, 9.17) is 0 Å². The van der Waals surface area contributed by atoms with Gasteiger partial charge in [0.25, 0.3) is 0 Å². The van der Waals surface area contributed by atoms with Crippen molar-refractivity contribution in [2.24, 2.45) is 11.8 Å². The maximum Gasteiger partial charge on any atom is 0.351 e. The highest BCUT2D eigenvalue weighted by atomic mass is 16.7. The molecule has 15 heavy (non-hydrogen) atoms. The zero-order chi connectivity index (χ0) is 11.1. The minimum Gasteiger partial charge on any atom is -0.383 e. The zero-order valence-electron chi connectivity index (χ0n) is 8.63. The summed E-state index contributed by atoms with van der Waals surface area (Å²) in [6.07, 6.45) is 3.58. The molecule has 0 radical (unpaired) electrons. The van der Waals surface area contributed by atoms with Gasteiger partial charge in [-0.15, -0.1) is 0 Å². The van der Waals surface area contributed by atoms with Gasteiger partial charge >= 0.3 is 5.72 Å². The Kier molecular flexibility index (Phi) is 2.68. The third-order valence-electron chi connectivity index (χ3n) is 4.05. The Balaban J connectivity index is 2.27. The quantitative estimate of drug-likeness (QED) is 0.387. The number of nitro groups is 1. The van der Waals surface area contributed by atoms with E-state index in [2.05, 4.69) is 0 Å². The third-order valence-corrected chi connectivity index (χ3v) is 4.05. The van der Waals surface area contributed by atoms with Crippen molar-refractivity contribution in [3.05, 3.63) is 10.1 Å². The molecule has 0 aromatic heterocycles. The van der Waals surface area contributed by atoms with Gasteiger partial charge in [-0.1, -0.05) is 12.8 Å². The Morgan fingerprint density at radius 2 is 1.87 bits per heavy atom. The molecule has 2 aliphatic rings. The summed E-state index contributed by atoms with van der Waals surface area (Å²) in [7, 11) is 0. The number of nitrogens with zero attached hydrogens (tertiary/aromatic N) is 1. The molecule has 0 aliphatic heterocycles. The van der Waals surface area contributed by atoms with Crippen molar-refractivity contribution in [1.29, 1.82) is 0 Å². The molecule has 86 valence electrons. The van der Waals surface area contributed by atoms with Crippen molar-refractivity contribution in [3.8, 4) is 0 Å². The molecule has 0 saturated heterocycles. The lowest BCUT2D eigenvalue weighted by atomic mass is 9.65. The Hall–Kier alpha value is -0.680. The topological polar surface area (TPSA) is 83.6 Å². The summed E-state index contributed by atoms with van der Waals surface area (Å²) < 4.78 is 0. The largest absolute Gasteiger partial charge is 0.383 e. The van der Waals surface area contributed by atoms with Gasteiger partial charge in [-0.2, -0.15) is 0 Å². The molecule has 4 unspecified atom stereocenters. The summed E-state index contributed by atoms with van der Waals surface area (Å²) in [6, 6.07) is 0. The van der Waals surface area contributed by atoms with Crippen LogP contribution in [0.25, 0.3) is 0 Å². The predicted molar refractivity (Wildman–Crippen MR) is 52.6 cm³/mol. The molecule has 2 aliphatic carbocycles. The van der Waals surface area contributed by atoms with E-state index < -0.39 is 16.8 Å². The van der Waals surface area contributed by atoms with Crippen LogP contribution < -0.4 is 0 Å². The SMILES string of the molecule is O=[N+]([O-])C1(O)C(O)CCC2CCCCC21. The first kappa shape index (κ1) is 10.8. The molecule has 2 N–H and O–H groups in total. The summed E-state index contributed by atoms with van der Waals surface area (Å²) in [5.74, 6) is -0.137. The first-order valence-electron chi connectivity index (χ1n) is 5.61. The second-order valence-corrected chi connectivity index (χ2v) is 4.78. The summed E-state index contributed by atoms with van der Waals surface area (Å²) in [5.41, 5.74) is -2.09. The van der Waals surface area contributed by atoms with Crippen molar-refractivity contribution < 1.29 is 15.1 Å². The van der Waals surface area contributed by atoms with Crippen molar-refractivity contribution in [2.45, 2.75) is 50.4 Å². The average molecular weight is 215 g/mol. The van der Waals surface area contributed by atoms with Crippen molar-refractivity contribution in [1.82, 2.24) is 0 Å². The highest BCUT2D eigenvalue weighted by Crippen LogP contribution is 2.46. The normalized spacial score (nSPS) is 45.9. The van der Waals surface area contributed by atoms with E-state index >= 15 is 0 Å². The van der Waals surface area contributed by atoms with Crippen molar-refractivity contribution >= 4 is 0 Å². The Morgan fingerprint density at radius 3 is 2.53 bits per heavy atom. The van der Waals surface area contributed by atoms with Gasteiger partial charge in [0.15, 0.2) is 6.10 Å². The van der Waals surface area contributed by atoms with E-state index in [1.807, 2.05) is 0 Å². The van der Waals surface area contributed by atoms with E-state index in [9.17, 15) is 20.3 Å². The number of aliphatic hydroxyl groups is 2. The fourth-order valence-electron chi connectivity index (χ4n) is 3.20. The molecule has 0 spiro atoms. The molecule has 0 bridgehead atoms. The summed E-state index contributed by atoms with van der Waals surface area (Å²) in [5, 5.41) is 30.6. The monoisotopic (exact) mass is 215 g/mol. The van der Waals surface area contributed by atoms with E-state index in [0.29, 0.717) is 12.8 Å². The number of rotatable bonds is 1.